The molecule has 10 heteroatoms. The topological polar surface area (TPSA) is 116 Å². The number of benzene rings is 1. The first-order chi connectivity index (χ1) is 17.0. The number of aromatic carboxylic acids is 1. The Labute approximate surface area is 201 Å². The van der Waals surface area contributed by atoms with Crippen LogP contribution >= 0.6 is 0 Å². The average molecular weight is 479 g/mol. The fourth-order valence-electron chi connectivity index (χ4n) is 4.26. The van der Waals surface area contributed by atoms with Gasteiger partial charge in [-0.25, -0.2) is 14.8 Å². The average Bonchev–Trinajstić information content (AvgIpc) is 3.17. The summed E-state index contributed by atoms with van der Waals surface area (Å²) in [6, 6.07) is 10.3. The standard InChI is InChI=1S/C25H26N4O6/c1-33-15-35-23-4-2-3-19(27-23)16-7-9-28(24(30)12-16)14-22-26-20-6-5-17(25(31)32)11-21(20)29(22)13-18-8-10-34-18/h2-6,11-12,18H,7-10,13-15H2,1H3,(H,31,32)/t18-/m0/s1. The van der Waals surface area contributed by atoms with Gasteiger partial charge in [-0.15, -0.1) is 0 Å². The Balaban J connectivity index is 1.38. The van der Waals surface area contributed by atoms with Gasteiger partial charge in [0.05, 0.1) is 41.5 Å². The van der Waals surface area contributed by atoms with Crippen LogP contribution in [-0.4, -0.2) is 69.6 Å². The van der Waals surface area contributed by atoms with Crippen LogP contribution in [0.1, 0.15) is 34.7 Å². The lowest BCUT2D eigenvalue weighted by atomic mass is 10.0. The van der Waals surface area contributed by atoms with Crippen LogP contribution in [0.3, 0.4) is 0 Å². The molecule has 0 aliphatic carbocycles. The number of hydrogen-bond donors (Lipinski definition) is 1. The van der Waals surface area contributed by atoms with Gasteiger partial charge in [0.1, 0.15) is 5.82 Å². The molecular formula is C25H26N4O6. The summed E-state index contributed by atoms with van der Waals surface area (Å²) in [5.41, 5.74) is 3.17. The van der Waals surface area contributed by atoms with Crippen molar-refractivity contribution in [2.24, 2.45) is 0 Å². The summed E-state index contributed by atoms with van der Waals surface area (Å²) in [5, 5.41) is 9.42. The van der Waals surface area contributed by atoms with E-state index in [9.17, 15) is 14.7 Å². The number of carbonyl (C=O) groups is 2. The predicted molar refractivity (Wildman–Crippen MR) is 126 cm³/mol. The third kappa shape index (κ3) is 4.89. The van der Waals surface area contributed by atoms with Crippen molar-refractivity contribution in [1.82, 2.24) is 19.4 Å². The zero-order valence-electron chi connectivity index (χ0n) is 19.3. The molecule has 1 fully saturated rings. The van der Waals surface area contributed by atoms with Gasteiger partial charge in [-0.05, 0) is 42.7 Å². The smallest absolute Gasteiger partial charge is 0.335 e. The number of methoxy groups -OCH3 is 1. The Morgan fingerprint density at radius 3 is 2.83 bits per heavy atom. The van der Waals surface area contributed by atoms with Gasteiger partial charge in [0.2, 0.25) is 11.8 Å². The Hall–Kier alpha value is -3.76. The lowest BCUT2D eigenvalue weighted by molar-refractivity contribution is -0.127. The van der Waals surface area contributed by atoms with E-state index in [0.29, 0.717) is 49.0 Å². The molecule has 10 nitrogen and oxygen atoms in total. The first kappa shape index (κ1) is 23.0. The summed E-state index contributed by atoms with van der Waals surface area (Å²) in [6.07, 6.45) is 3.24. The molecule has 2 aliphatic rings. The summed E-state index contributed by atoms with van der Waals surface area (Å²) >= 11 is 0. The number of carbonyl (C=O) groups excluding carboxylic acids is 1. The molecule has 1 atom stereocenters. The molecule has 1 N–H and O–H groups in total. The van der Waals surface area contributed by atoms with Crippen LogP contribution in [0.25, 0.3) is 16.6 Å². The van der Waals surface area contributed by atoms with E-state index in [0.717, 1.165) is 24.1 Å². The maximum atomic E-state index is 13.0. The molecular weight excluding hydrogens is 452 g/mol. The lowest BCUT2D eigenvalue weighted by Crippen LogP contribution is -2.36. The third-order valence-corrected chi connectivity index (χ3v) is 6.22. The van der Waals surface area contributed by atoms with Crippen molar-refractivity contribution in [3.63, 3.8) is 0 Å². The molecule has 0 spiro atoms. The molecule has 0 saturated carbocycles. The number of pyridine rings is 1. The molecule has 1 amide bonds. The van der Waals surface area contributed by atoms with Gasteiger partial charge in [-0.2, -0.15) is 0 Å². The van der Waals surface area contributed by atoms with E-state index in [1.165, 1.54) is 0 Å². The van der Waals surface area contributed by atoms with Crippen LogP contribution in [0, 0.1) is 0 Å². The highest BCUT2D eigenvalue weighted by atomic mass is 16.7. The minimum absolute atomic E-state index is 0.0573. The Morgan fingerprint density at radius 2 is 2.11 bits per heavy atom. The Kier molecular flexibility index (Phi) is 6.47. The van der Waals surface area contributed by atoms with E-state index in [-0.39, 0.29) is 24.4 Å². The van der Waals surface area contributed by atoms with Crippen LogP contribution < -0.4 is 4.74 Å². The zero-order chi connectivity index (χ0) is 24.4. The molecule has 0 bridgehead atoms. The number of amides is 1. The number of carboxylic acids is 1. The van der Waals surface area contributed by atoms with E-state index >= 15 is 0 Å². The number of ether oxygens (including phenoxy) is 3. The fourth-order valence-corrected chi connectivity index (χ4v) is 4.26. The van der Waals surface area contributed by atoms with E-state index < -0.39 is 5.97 Å². The first-order valence-electron chi connectivity index (χ1n) is 11.4. The predicted octanol–water partition coefficient (Wildman–Crippen LogP) is 2.72. The van der Waals surface area contributed by atoms with Gasteiger partial charge in [-0.1, -0.05) is 6.07 Å². The summed E-state index contributed by atoms with van der Waals surface area (Å²) in [4.78, 5) is 35.5. The van der Waals surface area contributed by atoms with E-state index in [1.54, 1.807) is 42.4 Å². The van der Waals surface area contributed by atoms with Crippen LogP contribution in [0.2, 0.25) is 0 Å². The van der Waals surface area contributed by atoms with Gasteiger partial charge < -0.3 is 28.8 Å². The van der Waals surface area contributed by atoms with Crippen molar-refractivity contribution >= 4 is 28.5 Å². The lowest BCUT2D eigenvalue weighted by Gasteiger charge is -2.29. The molecule has 4 heterocycles. The number of imidazole rings is 1. The number of hydrogen-bond acceptors (Lipinski definition) is 7. The number of aromatic nitrogens is 3. The van der Waals surface area contributed by atoms with Crippen LogP contribution in [0.5, 0.6) is 5.88 Å². The summed E-state index contributed by atoms with van der Waals surface area (Å²) in [5.74, 6) is 0.0281. The second kappa shape index (κ2) is 9.85. The highest BCUT2D eigenvalue weighted by molar-refractivity contribution is 5.96. The minimum atomic E-state index is -0.990. The monoisotopic (exact) mass is 478 g/mol. The zero-order valence-corrected chi connectivity index (χ0v) is 19.3. The molecule has 3 aromatic rings. The molecule has 0 unspecified atom stereocenters. The molecule has 182 valence electrons. The van der Waals surface area contributed by atoms with Crippen molar-refractivity contribution in [3.05, 3.63) is 59.6 Å². The largest absolute Gasteiger partial charge is 0.478 e. The van der Waals surface area contributed by atoms with Crippen molar-refractivity contribution in [3.8, 4) is 5.88 Å². The van der Waals surface area contributed by atoms with Crippen molar-refractivity contribution in [1.29, 1.82) is 0 Å². The maximum absolute atomic E-state index is 13.0. The number of rotatable bonds is 9. The van der Waals surface area contributed by atoms with Gasteiger partial charge >= 0.3 is 5.97 Å². The molecule has 1 saturated heterocycles. The van der Waals surface area contributed by atoms with Gasteiger partial charge in [0.15, 0.2) is 6.79 Å². The second-order valence-corrected chi connectivity index (χ2v) is 8.52. The Morgan fingerprint density at radius 1 is 1.26 bits per heavy atom. The minimum Gasteiger partial charge on any atom is -0.478 e. The highest BCUT2D eigenvalue weighted by Gasteiger charge is 2.26. The molecule has 2 aromatic heterocycles. The van der Waals surface area contributed by atoms with Crippen LogP contribution in [-0.2, 0) is 27.4 Å². The van der Waals surface area contributed by atoms with Crippen LogP contribution in [0.15, 0.2) is 42.5 Å². The number of nitrogens with zero attached hydrogens (tertiary/aromatic N) is 4. The van der Waals surface area contributed by atoms with Crippen molar-refractivity contribution < 1.29 is 28.9 Å². The summed E-state index contributed by atoms with van der Waals surface area (Å²) in [6.45, 7) is 2.21. The SMILES string of the molecule is COCOc1cccc(C2=CC(=O)N(Cc3nc4ccc(C(=O)O)cc4n3C[C@@H]3CCO3)CC2)n1. The van der Waals surface area contributed by atoms with Crippen LogP contribution in [0.4, 0.5) is 0 Å². The number of fused-ring (bicyclic) bond motifs is 1. The normalized spacial score (nSPS) is 17.9. The quantitative estimate of drug-likeness (QED) is 0.467. The molecule has 0 radical (unpaired) electrons. The maximum Gasteiger partial charge on any atom is 0.335 e. The molecule has 1 aromatic carbocycles. The van der Waals surface area contributed by atoms with Gasteiger partial charge in [0, 0.05) is 32.4 Å². The Bertz CT molecular complexity index is 1300. The molecule has 35 heavy (non-hydrogen) atoms. The number of carboxylic acid groups (broad SMARTS) is 1. The van der Waals surface area contributed by atoms with E-state index in [4.69, 9.17) is 19.2 Å². The van der Waals surface area contributed by atoms with E-state index in [2.05, 4.69) is 4.98 Å². The summed E-state index contributed by atoms with van der Waals surface area (Å²) in [7, 11) is 1.54. The highest BCUT2D eigenvalue weighted by Crippen LogP contribution is 2.26. The van der Waals surface area contributed by atoms with Gasteiger partial charge in [0.25, 0.3) is 0 Å². The van der Waals surface area contributed by atoms with Gasteiger partial charge in [-0.3, -0.25) is 4.79 Å². The third-order valence-electron chi connectivity index (χ3n) is 6.22. The fraction of sp³-hybridized carbons (Fsp3) is 0.360. The molecule has 5 rings (SSSR count). The second-order valence-electron chi connectivity index (χ2n) is 8.52. The van der Waals surface area contributed by atoms with Crippen molar-refractivity contribution in [2.45, 2.75) is 32.0 Å². The first-order valence-corrected chi connectivity index (χ1v) is 11.4. The summed E-state index contributed by atoms with van der Waals surface area (Å²) < 4.78 is 17.9. The van der Waals surface area contributed by atoms with E-state index in [1.807, 2.05) is 16.7 Å². The van der Waals surface area contributed by atoms with Crippen molar-refractivity contribution in [2.75, 3.05) is 27.1 Å². The molecule has 2 aliphatic heterocycles.